The Morgan fingerprint density at radius 2 is 2.18 bits per heavy atom. The topological polar surface area (TPSA) is 42.0 Å². The number of halogens is 1. The summed E-state index contributed by atoms with van der Waals surface area (Å²) in [6.07, 6.45) is 3.56. The predicted octanol–water partition coefficient (Wildman–Crippen LogP) is 3.23. The lowest BCUT2D eigenvalue weighted by Gasteiger charge is -2.29. The summed E-state index contributed by atoms with van der Waals surface area (Å²) >= 11 is 7.41. The summed E-state index contributed by atoms with van der Waals surface area (Å²) in [6, 6.07) is 0. The third kappa shape index (κ3) is 3.68. The fourth-order valence-electron chi connectivity index (χ4n) is 1.56. The molecule has 0 saturated carbocycles. The van der Waals surface area contributed by atoms with Gasteiger partial charge in [0.05, 0.1) is 11.2 Å². The molecule has 1 amide bonds. The molecule has 0 radical (unpaired) electrons. The van der Waals surface area contributed by atoms with Crippen LogP contribution in [0.1, 0.15) is 41.4 Å². The van der Waals surface area contributed by atoms with Gasteiger partial charge < -0.3 is 5.32 Å². The smallest absolute Gasteiger partial charge is 0.263 e. The Balaban J connectivity index is 2.58. The Morgan fingerprint density at radius 1 is 1.53 bits per heavy atom. The zero-order valence-corrected chi connectivity index (χ0v) is 12.1. The number of alkyl halides is 1. The monoisotopic (exact) mass is 274 g/mol. The number of nitrogens with zero attached hydrogens (tertiary/aromatic N) is 1. The zero-order chi connectivity index (χ0) is 12.9. The fourth-order valence-corrected chi connectivity index (χ4v) is 2.72. The van der Waals surface area contributed by atoms with Crippen LogP contribution in [0.15, 0.2) is 6.20 Å². The molecule has 1 heterocycles. The molecule has 0 bridgehead atoms. The molecule has 0 aliphatic carbocycles. The second-order valence-electron chi connectivity index (χ2n) is 4.27. The predicted molar refractivity (Wildman–Crippen MR) is 72.9 cm³/mol. The number of hydrogen-bond donors (Lipinski definition) is 1. The molecule has 0 unspecified atom stereocenters. The Bertz CT molecular complexity index is 366. The first kappa shape index (κ1) is 14.5. The van der Waals surface area contributed by atoms with Crippen LogP contribution in [0.3, 0.4) is 0 Å². The second-order valence-corrected chi connectivity index (χ2v) is 5.77. The standard InChI is InChI=1S/C12H19ClN2OS/c1-4-12(5-2,7-13)8-15-11(16)10-6-14-9(3)17-10/h6H,4-5,7-8H2,1-3H3,(H,15,16). The highest BCUT2D eigenvalue weighted by Gasteiger charge is 2.26. The average molecular weight is 275 g/mol. The third-order valence-electron chi connectivity index (χ3n) is 3.25. The highest BCUT2D eigenvalue weighted by atomic mass is 35.5. The van der Waals surface area contributed by atoms with Gasteiger partial charge in [0.2, 0.25) is 0 Å². The van der Waals surface area contributed by atoms with Crippen molar-refractivity contribution < 1.29 is 4.79 Å². The fraction of sp³-hybridized carbons (Fsp3) is 0.667. The van der Waals surface area contributed by atoms with E-state index in [4.69, 9.17) is 11.6 Å². The van der Waals surface area contributed by atoms with Crippen LogP contribution in [0.25, 0.3) is 0 Å². The Morgan fingerprint density at radius 3 is 2.59 bits per heavy atom. The molecule has 0 spiro atoms. The number of aryl methyl sites for hydroxylation is 1. The van der Waals surface area contributed by atoms with E-state index in [-0.39, 0.29) is 11.3 Å². The van der Waals surface area contributed by atoms with Crippen LogP contribution >= 0.6 is 22.9 Å². The van der Waals surface area contributed by atoms with Crippen molar-refractivity contribution in [3.8, 4) is 0 Å². The van der Waals surface area contributed by atoms with Gasteiger partial charge in [-0.1, -0.05) is 13.8 Å². The van der Waals surface area contributed by atoms with Crippen LogP contribution in [0.4, 0.5) is 0 Å². The molecule has 1 aromatic heterocycles. The van der Waals surface area contributed by atoms with Gasteiger partial charge in [0.25, 0.3) is 5.91 Å². The minimum Gasteiger partial charge on any atom is -0.351 e. The van der Waals surface area contributed by atoms with E-state index in [0.29, 0.717) is 17.3 Å². The van der Waals surface area contributed by atoms with Crippen molar-refractivity contribution in [3.63, 3.8) is 0 Å². The highest BCUT2D eigenvalue weighted by molar-refractivity contribution is 7.13. The zero-order valence-electron chi connectivity index (χ0n) is 10.5. The first-order valence-electron chi connectivity index (χ1n) is 5.83. The van der Waals surface area contributed by atoms with Crippen molar-refractivity contribution in [3.05, 3.63) is 16.1 Å². The number of rotatable bonds is 6. The molecule has 3 nitrogen and oxygen atoms in total. The average Bonchev–Trinajstić information content (AvgIpc) is 2.78. The molecule has 0 aliphatic heterocycles. The third-order valence-corrected chi connectivity index (χ3v) is 4.73. The molecule has 5 heteroatoms. The molecular weight excluding hydrogens is 256 g/mol. The number of carbonyl (C=O) groups excluding carboxylic acids is 1. The summed E-state index contributed by atoms with van der Waals surface area (Å²) in [4.78, 5) is 16.6. The lowest BCUT2D eigenvalue weighted by Crippen LogP contribution is -2.38. The molecule has 17 heavy (non-hydrogen) atoms. The Labute approximate surface area is 112 Å². The Kier molecular flexibility index (Phi) is 5.40. The number of amides is 1. The van der Waals surface area contributed by atoms with Crippen molar-refractivity contribution >= 4 is 28.8 Å². The molecule has 0 aliphatic rings. The van der Waals surface area contributed by atoms with Gasteiger partial charge in [-0.15, -0.1) is 22.9 Å². The van der Waals surface area contributed by atoms with E-state index in [1.807, 2.05) is 6.92 Å². The molecule has 0 atom stereocenters. The van der Waals surface area contributed by atoms with Gasteiger partial charge in [-0.2, -0.15) is 0 Å². The van der Waals surface area contributed by atoms with E-state index in [1.54, 1.807) is 6.20 Å². The highest BCUT2D eigenvalue weighted by Crippen LogP contribution is 2.27. The van der Waals surface area contributed by atoms with Crippen LogP contribution in [0, 0.1) is 12.3 Å². The summed E-state index contributed by atoms with van der Waals surface area (Å²) in [5.74, 6) is 0.522. The van der Waals surface area contributed by atoms with Crippen molar-refractivity contribution in [2.24, 2.45) is 5.41 Å². The van der Waals surface area contributed by atoms with Crippen LogP contribution in [-0.4, -0.2) is 23.3 Å². The van der Waals surface area contributed by atoms with Gasteiger partial charge in [0.1, 0.15) is 4.88 Å². The van der Waals surface area contributed by atoms with Gasteiger partial charge in [-0.3, -0.25) is 4.79 Å². The van der Waals surface area contributed by atoms with E-state index in [0.717, 1.165) is 17.8 Å². The number of nitrogens with one attached hydrogen (secondary N) is 1. The van der Waals surface area contributed by atoms with Gasteiger partial charge in [0, 0.05) is 17.8 Å². The van der Waals surface area contributed by atoms with Crippen LogP contribution < -0.4 is 5.32 Å². The molecule has 96 valence electrons. The van der Waals surface area contributed by atoms with E-state index < -0.39 is 0 Å². The van der Waals surface area contributed by atoms with E-state index >= 15 is 0 Å². The number of hydrogen-bond acceptors (Lipinski definition) is 3. The van der Waals surface area contributed by atoms with Gasteiger partial charge in [-0.05, 0) is 19.8 Å². The van der Waals surface area contributed by atoms with Crippen LogP contribution in [0.2, 0.25) is 0 Å². The maximum atomic E-state index is 11.9. The molecular formula is C12H19ClN2OS. The molecule has 0 aromatic carbocycles. The normalized spacial score (nSPS) is 11.5. The lowest BCUT2D eigenvalue weighted by molar-refractivity contribution is 0.0935. The minimum absolute atomic E-state index is 0.0109. The molecule has 1 N–H and O–H groups in total. The minimum atomic E-state index is -0.0491. The van der Waals surface area contributed by atoms with Crippen LogP contribution in [-0.2, 0) is 0 Å². The van der Waals surface area contributed by atoms with Crippen molar-refractivity contribution in [2.75, 3.05) is 12.4 Å². The van der Waals surface area contributed by atoms with Crippen molar-refractivity contribution in [1.29, 1.82) is 0 Å². The quantitative estimate of drug-likeness (QED) is 0.810. The van der Waals surface area contributed by atoms with Crippen molar-refractivity contribution in [2.45, 2.75) is 33.6 Å². The summed E-state index contributed by atoms with van der Waals surface area (Å²) in [7, 11) is 0. The van der Waals surface area contributed by atoms with E-state index in [2.05, 4.69) is 24.1 Å². The van der Waals surface area contributed by atoms with E-state index in [9.17, 15) is 4.79 Å². The van der Waals surface area contributed by atoms with Gasteiger partial charge in [-0.25, -0.2) is 4.98 Å². The molecule has 0 saturated heterocycles. The van der Waals surface area contributed by atoms with Crippen LogP contribution in [0.5, 0.6) is 0 Å². The Hall–Kier alpha value is -0.610. The maximum absolute atomic E-state index is 11.9. The summed E-state index contributed by atoms with van der Waals surface area (Å²) in [5, 5.41) is 3.86. The summed E-state index contributed by atoms with van der Waals surface area (Å²) in [5.41, 5.74) is 0.0109. The largest absolute Gasteiger partial charge is 0.351 e. The van der Waals surface area contributed by atoms with Gasteiger partial charge >= 0.3 is 0 Å². The number of aromatic nitrogens is 1. The maximum Gasteiger partial charge on any atom is 0.263 e. The molecule has 1 rings (SSSR count). The number of carbonyl (C=O) groups is 1. The molecule has 0 fully saturated rings. The lowest BCUT2D eigenvalue weighted by atomic mass is 9.84. The number of thiazole rings is 1. The van der Waals surface area contributed by atoms with Gasteiger partial charge in [0.15, 0.2) is 0 Å². The summed E-state index contributed by atoms with van der Waals surface area (Å²) in [6.45, 7) is 6.73. The summed E-state index contributed by atoms with van der Waals surface area (Å²) < 4.78 is 0. The van der Waals surface area contributed by atoms with E-state index in [1.165, 1.54) is 11.3 Å². The first-order chi connectivity index (χ1) is 8.06. The first-order valence-corrected chi connectivity index (χ1v) is 7.18. The molecule has 1 aromatic rings. The van der Waals surface area contributed by atoms with Crippen molar-refractivity contribution in [1.82, 2.24) is 10.3 Å². The SMILES string of the molecule is CCC(CC)(CCl)CNC(=O)c1cnc(C)s1. The second kappa shape index (κ2) is 6.36.